The molecule has 116 valence electrons. The highest BCUT2D eigenvalue weighted by atomic mass is 35.5. The second kappa shape index (κ2) is 7.66. The van der Waals surface area contributed by atoms with E-state index in [9.17, 15) is 4.79 Å². The summed E-state index contributed by atoms with van der Waals surface area (Å²) in [6, 6.07) is 5.69. The summed E-state index contributed by atoms with van der Waals surface area (Å²) in [4.78, 5) is 14.3. The summed E-state index contributed by atoms with van der Waals surface area (Å²) < 4.78 is 4.82. The molecule has 4 nitrogen and oxygen atoms in total. The molecular formula is C16H23ClN2O2. The maximum Gasteiger partial charge on any atom is 0.340 e. The van der Waals surface area contributed by atoms with Crippen LogP contribution in [0.4, 0.5) is 5.69 Å². The monoisotopic (exact) mass is 310 g/mol. The van der Waals surface area contributed by atoms with Crippen molar-refractivity contribution in [1.82, 2.24) is 4.90 Å². The number of esters is 1. The number of rotatable bonds is 5. The molecule has 1 fully saturated rings. The number of hydrogen-bond acceptors (Lipinski definition) is 4. The minimum atomic E-state index is -0.358. The molecule has 0 aliphatic carbocycles. The van der Waals surface area contributed by atoms with Crippen LogP contribution in [0, 0.1) is 0 Å². The number of piperidine rings is 1. The molecule has 1 aromatic rings. The van der Waals surface area contributed by atoms with Gasteiger partial charge in [-0.3, -0.25) is 0 Å². The molecule has 0 saturated carbocycles. The number of anilines is 1. The molecule has 1 N–H and O–H groups in total. The van der Waals surface area contributed by atoms with Gasteiger partial charge >= 0.3 is 5.97 Å². The van der Waals surface area contributed by atoms with Gasteiger partial charge in [0.05, 0.1) is 12.7 Å². The van der Waals surface area contributed by atoms with Gasteiger partial charge in [-0.05, 0) is 44.0 Å². The summed E-state index contributed by atoms with van der Waals surface area (Å²) in [6.07, 6.45) is 3.37. The van der Waals surface area contributed by atoms with Gasteiger partial charge in [0.2, 0.25) is 0 Å². The maximum atomic E-state index is 11.8. The number of carbonyl (C=O) groups is 1. The van der Waals surface area contributed by atoms with Gasteiger partial charge in [-0.1, -0.05) is 18.5 Å². The molecule has 1 aromatic carbocycles. The zero-order chi connectivity index (χ0) is 15.2. The molecule has 1 heterocycles. The highest BCUT2D eigenvalue weighted by molar-refractivity contribution is 6.31. The summed E-state index contributed by atoms with van der Waals surface area (Å²) >= 11 is 5.97. The van der Waals surface area contributed by atoms with Gasteiger partial charge in [0, 0.05) is 29.8 Å². The van der Waals surface area contributed by atoms with Crippen LogP contribution in [0.2, 0.25) is 5.02 Å². The third kappa shape index (κ3) is 4.35. The van der Waals surface area contributed by atoms with Crippen molar-refractivity contribution in [2.45, 2.75) is 32.2 Å². The molecule has 5 heteroatoms. The molecule has 0 unspecified atom stereocenters. The second-order valence-corrected chi connectivity index (χ2v) is 5.88. The average molecular weight is 311 g/mol. The number of carbonyl (C=O) groups excluding carboxylic acids is 1. The van der Waals surface area contributed by atoms with Crippen LogP contribution < -0.4 is 5.32 Å². The van der Waals surface area contributed by atoms with Gasteiger partial charge in [-0.25, -0.2) is 4.79 Å². The van der Waals surface area contributed by atoms with Gasteiger partial charge in [-0.15, -0.1) is 0 Å². The van der Waals surface area contributed by atoms with Crippen LogP contribution in [0.1, 0.15) is 36.5 Å². The quantitative estimate of drug-likeness (QED) is 0.846. The standard InChI is InChI=1S/C16H23ClN2O2/c1-3-8-19-9-6-13(7-10-19)18-15-5-4-12(17)11-14(15)16(20)21-2/h4-5,11,13,18H,3,6-10H2,1-2H3. The van der Waals surface area contributed by atoms with E-state index in [0.717, 1.165) is 31.6 Å². The molecule has 0 amide bonds. The van der Waals surface area contributed by atoms with E-state index in [2.05, 4.69) is 17.1 Å². The molecule has 1 saturated heterocycles. The lowest BCUT2D eigenvalue weighted by molar-refractivity contribution is 0.0601. The second-order valence-electron chi connectivity index (χ2n) is 5.44. The van der Waals surface area contributed by atoms with Crippen LogP contribution in [-0.2, 0) is 4.74 Å². The minimum absolute atomic E-state index is 0.358. The summed E-state index contributed by atoms with van der Waals surface area (Å²) in [7, 11) is 1.39. The Morgan fingerprint density at radius 2 is 2.14 bits per heavy atom. The van der Waals surface area contributed by atoms with Gasteiger partial charge in [-0.2, -0.15) is 0 Å². The topological polar surface area (TPSA) is 41.6 Å². The predicted molar refractivity (Wildman–Crippen MR) is 86.2 cm³/mol. The lowest BCUT2D eigenvalue weighted by Crippen LogP contribution is -2.39. The molecule has 0 bridgehead atoms. The number of likely N-dealkylation sites (tertiary alicyclic amines) is 1. The lowest BCUT2D eigenvalue weighted by Gasteiger charge is -2.32. The molecule has 1 aliphatic heterocycles. The third-order valence-electron chi connectivity index (χ3n) is 3.87. The molecule has 1 aliphatic rings. The Balaban J connectivity index is 2.02. The summed E-state index contributed by atoms with van der Waals surface area (Å²) in [6.45, 7) is 5.58. The molecule has 0 aromatic heterocycles. The smallest absolute Gasteiger partial charge is 0.340 e. The number of methoxy groups -OCH3 is 1. The molecule has 2 rings (SSSR count). The molecule has 0 atom stereocenters. The first-order valence-corrected chi connectivity index (χ1v) is 7.88. The first-order valence-electron chi connectivity index (χ1n) is 7.50. The van der Waals surface area contributed by atoms with Crippen molar-refractivity contribution in [3.05, 3.63) is 28.8 Å². The number of benzene rings is 1. The lowest BCUT2D eigenvalue weighted by atomic mass is 10.0. The van der Waals surface area contributed by atoms with Crippen molar-refractivity contribution in [2.75, 3.05) is 32.1 Å². The van der Waals surface area contributed by atoms with Crippen molar-refractivity contribution in [3.8, 4) is 0 Å². The fourth-order valence-electron chi connectivity index (χ4n) is 2.76. The molecule has 21 heavy (non-hydrogen) atoms. The number of hydrogen-bond donors (Lipinski definition) is 1. The van der Waals surface area contributed by atoms with Gasteiger partial charge < -0.3 is 15.0 Å². The van der Waals surface area contributed by atoms with Crippen LogP contribution in [-0.4, -0.2) is 43.7 Å². The Labute approximate surface area is 131 Å². The fraction of sp³-hybridized carbons (Fsp3) is 0.562. The molecule has 0 spiro atoms. The van der Waals surface area contributed by atoms with Crippen molar-refractivity contribution < 1.29 is 9.53 Å². The molecule has 0 radical (unpaired) electrons. The average Bonchev–Trinajstić information content (AvgIpc) is 2.50. The van der Waals surface area contributed by atoms with E-state index in [1.54, 1.807) is 12.1 Å². The zero-order valence-corrected chi connectivity index (χ0v) is 13.4. The van der Waals surface area contributed by atoms with Crippen molar-refractivity contribution >= 4 is 23.3 Å². The van der Waals surface area contributed by atoms with E-state index in [-0.39, 0.29) is 5.97 Å². The Bertz CT molecular complexity index is 485. The van der Waals surface area contributed by atoms with Crippen LogP contribution >= 0.6 is 11.6 Å². The Morgan fingerprint density at radius 1 is 1.43 bits per heavy atom. The van der Waals surface area contributed by atoms with E-state index in [1.165, 1.54) is 20.1 Å². The van der Waals surface area contributed by atoms with E-state index >= 15 is 0 Å². The summed E-state index contributed by atoms with van der Waals surface area (Å²) in [5.74, 6) is -0.358. The first kappa shape index (κ1) is 16.1. The van der Waals surface area contributed by atoms with Crippen LogP contribution in [0.25, 0.3) is 0 Å². The van der Waals surface area contributed by atoms with Crippen LogP contribution in [0.3, 0.4) is 0 Å². The maximum absolute atomic E-state index is 11.8. The highest BCUT2D eigenvalue weighted by Gasteiger charge is 2.20. The summed E-state index contributed by atoms with van der Waals surface area (Å²) in [5.41, 5.74) is 1.31. The number of ether oxygens (including phenoxy) is 1. The zero-order valence-electron chi connectivity index (χ0n) is 12.7. The Morgan fingerprint density at radius 3 is 2.76 bits per heavy atom. The van der Waals surface area contributed by atoms with E-state index in [0.29, 0.717) is 16.6 Å². The van der Waals surface area contributed by atoms with Crippen molar-refractivity contribution in [1.29, 1.82) is 0 Å². The SMILES string of the molecule is CCCN1CCC(Nc2ccc(Cl)cc2C(=O)OC)CC1. The predicted octanol–water partition coefficient (Wildman–Crippen LogP) is 3.41. The van der Waals surface area contributed by atoms with Crippen molar-refractivity contribution in [2.24, 2.45) is 0 Å². The number of halogens is 1. The highest BCUT2D eigenvalue weighted by Crippen LogP contribution is 2.24. The fourth-order valence-corrected chi connectivity index (χ4v) is 2.93. The van der Waals surface area contributed by atoms with Crippen LogP contribution in [0.15, 0.2) is 18.2 Å². The first-order chi connectivity index (χ1) is 10.1. The van der Waals surface area contributed by atoms with Crippen molar-refractivity contribution in [3.63, 3.8) is 0 Å². The largest absolute Gasteiger partial charge is 0.465 e. The van der Waals surface area contributed by atoms with Gasteiger partial charge in [0.15, 0.2) is 0 Å². The van der Waals surface area contributed by atoms with Crippen LogP contribution in [0.5, 0.6) is 0 Å². The summed E-state index contributed by atoms with van der Waals surface area (Å²) in [5, 5.41) is 4.01. The van der Waals surface area contributed by atoms with E-state index in [4.69, 9.17) is 16.3 Å². The molecular weight excluding hydrogens is 288 g/mol. The van der Waals surface area contributed by atoms with Gasteiger partial charge in [0.25, 0.3) is 0 Å². The van der Waals surface area contributed by atoms with E-state index < -0.39 is 0 Å². The van der Waals surface area contributed by atoms with E-state index in [1.807, 2.05) is 6.07 Å². The Hall–Kier alpha value is -1.26. The number of nitrogens with one attached hydrogen (secondary N) is 1. The minimum Gasteiger partial charge on any atom is -0.465 e. The normalized spacial score (nSPS) is 16.7. The Kier molecular flexibility index (Phi) is 5.88. The third-order valence-corrected chi connectivity index (χ3v) is 4.11. The van der Waals surface area contributed by atoms with Gasteiger partial charge in [0.1, 0.15) is 0 Å². The number of nitrogens with zero attached hydrogens (tertiary/aromatic N) is 1.